The van der Waals surface area contributed by atoms with E-state index in [9.17, 15) is 9.18 Å². The van der Waals surface area contributed by atoms with Crippen LogP contribution in [0.15, 0.2) is 41.2 Å². The maximum absolute atomic E-state index is 12.5. The van der Waals surface area contributed by atoms with E-state index >= 15 is 0 Å². The van der Waals surface area contributed by atoms with Gasteiger partial charge in [0, 0.05) is 24.2 Å². The zero-order chi connectivity index (χ0) is 18.4. The number of hydrogen-bond acceptors (Lipinski definition) is 4. The maximum Gasteiger partial charge on any atom is 0.266 e. The van der Waals surface area contributed by atoms with E-state index in [4.69, 9.17) is 4.74 Å². The zero-order valence-electron chi connectivity index (χ0n) is 15.2. The van der Waals surface area contributed by atoms with Gasteiger partial charge in [0.2, 0.25) is 0 Å². The van der Waals surface area contributed by atoms with Gasteiger partial charge < -0.3 is 9.64 Å². The first-order valence-electron chi connectivity index (χ1n) is 9.29. The lowest BCUT2D eigenvalue weighted by molar-refractivity contribution is 0.230. The normalized spacial score (nSPS) is 17.5. The Balaban J connectivity index is 1.53. The van der Waals surface area contributed by atoms with Crippen LogP contribution in [0, 0.1) is 0 Å². The predicted molar refractivity (Wildman–Crippen MR) is 100 cm³/mol. The molecular formula is C20H26FN3O2. The van der Waals surface area contributed by atoms with Crippen LogP contribution < -0.4 is 10.3 Å². The van der Waals surface area contributed by atoms with Crippen LogP contribution in [0.3, 0.4) is 0 Å². The van der Waals surface area contributed by atoms with E-state index in [-0.39, 0.29) is 12.1 Å². The van der Waals surface area contributed by atoms with Gasteiger partial charge in [-0.05, 0) is 63.1 Å². The Hall–Kier alpha value is -2.21. The van der Waals surface area contributed by atoms with Gasteiger partial charge in [0.1, 0.15) is 12.4 Å². The second kappa shape index (κ2) is 8.94. The average Bonchev–Trinajstić information content (AvgIpc) is 3.06. The van der Waals surface area contributed by atoms with Crippen molar-refractivity contribution in [1.82, 2.24) is 14.7 Å². The quantitative estimate of drug-likeness (QED) is 0.680. The van der Waals surface area contributed by atoms with Crippen molar-refractivity contribution in [2.24, 2.45) is 0 Å². The molecule has 140 valence electrons. The largest absolute Gasteiger partial charge is 0.494 e. The van der Waals surface area contributed by atoms with Gasteiger partial charge in [-0.3, -0.25) is 4.79 Å². The molecule has 0 amide bonds. The van der Waals surface area contributed by atoms with Crippen LogP contribution in [0.5, 0.6) is 5.75 Å². The van der Waals surface area contributed by atoms with Crippen molar-refractivity contribution in [2.45, 2.75) is 38.8 Å². The summed E-state index contributed by atoms with van der Waals surface area (Å²) >= 11 is 0. The molecule has 1 aromatic carbocycles. The molecule has 0 bridgehead atoms. The molecule has 6 heteroatoms. The van der Waals surface area contributed by atoms with Gasteiger partial charge >= 0.3 is 0 Å². The molecule has 0 aliphatic carbocycles. The van der Waals surface area contributed by atoms with E-state index in [1.807, 2.05) is 24.3 Å². The maximum atomic E-state index is 12.5. The van der Waals surface area contributed by atoms with E-state index in [0.717, 1.165) is 29.0 Å². The predicted octanol–water partition coefficient (Wildman–Crippen LogP) is 3.13. The Morgan fingerprint density at radius 3 is 2.69 bits per heavy atom. The lowest BCUT2D eigenvalue weighted by Crippen LogP contribution is -2.28. The number of aryl methyl sites for hydroxylation is 1. The molecule has 0 spiro atoms. The van der Waals surface area contributed by atoms with Crippen molar-refractivity contribution in [1.29, 1.82) is 0 Å². The third-order valence-electron chi connectivity index (χ3n) is 4.86. The van der Waals surface area contributed by atoms with Crippen molar-refractivity contribution in [2.75, 3.05) is 26.4 Å². The van der Waals surface area contributed by atoms with E-state index in [1.54, 1.807) is 6.07 Å². The summed E-state index contributed by atoms with van der Waals surface area (Å²) in [7, 11) is 0. The van der Waals surface area contributed by atoms with Crippen LogP contribution >= 0.6 is 0 Å². The fourth-order valence-electron chi connectivity index (χ4n) is 3.35. The van der Waals surface area contributed by atoms with E-state index in [0.29, 0.717) is 18.3 Å². The molecule has 1 fully saturated rings. The monoisotopic (exact) mass is 359 g/mol. The molecule has 0 unspecified atom stereocenters. The van der Waals surface area contributed by atoms with Crippen LogP contribution in [0.2, 0.25) is 0 Å². The number of alkyl halides is 1. The Kier molecular flexibility index (Phi) is 6.39. The Bertz CT molecular complexity index is 760. The van der Waals surface area contributed by atoms with Crippen molar-refractivity contribution in [3.8, 4) is 17.0 Å². The minimum Gasteiger partial charge on any atom is -0.494 e. The lowest BCUT2D eigenvalue weighted by atomic mass is 10.1. The minimum absolute atomic E-state index is 0.0243. The first kappa shape index (κ1) is 18.6. The molecule has 0 radical (unpaired) electrons. The SMILES string of the molecule is C[C@@H]1CCCN1CCCOc1ccc(-c2ccc(=O)n(CCF)n2)cc1. The van der Waals surface area contributed by atoms with Gasteiger partial charge in [-0.2, -0.15) is 5.10 Å². The summed E-state index contributed by atoms with van der Waals surface area (Å²) in [6.07, 6.45) is 3.62. The van der Waals surface area contributed by atoms with Crippen LogP contribution in [0.4, 0.5) is 4.39 Å². The van der Waals surface area contributed by atoms with Crippen molar-refractivity contribution in [3.05, 3.63) is 46.8 Å². The molecule has 1 aliphatic rings. The molecule has 1 aliphatic heterocycles. The molecule has 1 saturated heterocycles. The molecule has 26 heavy (non-hydrogen) atoms. The summed E-state index contributed by atoms with van der Waals surface area (Å²) in [6.45, 7) is 4.63. The van der Waals surface area contributed by atoms with Crippen LogP contribution in [-0.2, 0) is 6.54 Å². The Labute approximate surface area is 153 Å². The zero-order valence-corrected chi connectivity index (χ0v) is 15.2. The summed E-state index contributed by atoms with van der Waals surface area (Å²) < 4.78 is 19.5. The van der Waals surface area contributed by atoms with Gasteiger partial charge in [-0.15, -0.1) is 0 Å². The summed E-state index contributed by atoms with van der Waals surface area (Å²) in [4.78, 5) is 14.1. The summed E-state index contributed by atoms with van der Waals surface area (Å²) in [5.41, 5.74) is 1.22. The van der Waals surface area contributed by atoms with Gasteiger partial charge in [0.25, 0.3) is 5.56 Å². The van der Waals surface area contributed by atoms with Gasteiger partial charge in [0.15, 0.2) is 0 Å². The van der Waals surface area contributed by atoms with Crippen LogP contribution in [0.1, 0.15) is 26.2 Å². The molecule has 0 saturated carbocycles. The number of aromatic nitrogens is 2. The number of hydrogen-bond donors (Lipinski definition) is 0. The van der Waals surface area contributed by atoms with Gasteiger partial charge in [0.05, 0.1) is 18.8 Å². The molecule has 3 rings (SSSR count). The second-order valence-electron chi connectivity index (χ2n) is 6.72. The fourth-order valence-corrected chi connectivity index (χ4v) is 3.35. The molecule has 1 atom stereocenters. The summed E-state index contributed by atoms with van der Waals surface area (Å²) in [5.74, 6) is 0.820. The standard InChI is InChI=1S/C20H26FN3O2/c1-16-4-2-12-23(16)13-3-15-26-18-7-5-17(6-8-18)19-9-10-20(25)24(22-19)14-11-21/h5-10,16H,2-4,11-15H2,1H3/t16-/m1/s1. The Morgan fingerprint density at radius 2 is 2.00 bits per heavy atom. The second-order valence-corrected chi connectivity index (χ2v) is 6.72. The number of halogens is 1. The highest BCUT2D eigenvalue weighted by molar-refractivity contribution is 5.59. The summed E-state index contributed by atoms with van der Waals surface area (Å²) in [5, 5.41) is 4.21. The van der Waals surface area contributed by atoms with Gasteiger partial charge in [-0.1, -0.05) is 0 Å². The average molecular weight is 359 g/mol. The third kappa shape index (κ3) is 4.69. The van der Waals surface area contributed by atoms with Crippen molar-refractivity contribution < 1.29 is 9.13 Å². The van der Waals surface area contributed by atoms with Crippen LogP contribution in [0.25, 0.3) is 11.3 Å². The number of ether oxygens (including phenoxy) is 1. The topological polar surface area (TPSA) is 47.4 Å². The Morgan fingerprint density at radius 1 is 1.19 bits per heavy atom. The number of benzene rings is 1. The molecule has 5 nitrogen and oxygen atoms in total. The minimum atomic E-state index is -0.612. The van der Waals surface area contributed by atoms with E-state index in [2.05, 4.69) is 16.9 Å². The van der Waals surface area contributed by atoms with Crippen molar-refractivity contribution in [3.63, 3.8) is 0 Å². The molecule has 2 aromatic rings. The van der Waals surface area contributed by atoms with E-state index in [1.165, 1.54) is 25.5 Å². The molecule has 0 N–H and O–H groups in total. The van der Waals surface area contributed by atoms with Crippen molar-refractivity contribution >= 4 is 0 Å². The molecule has 1 aromatic heterocycles. The highest BCUT2D eigenvalue weighted by Crippen LogP contribution is 2.20. The molecular weight excluding hydrogens is 333 g/mol. The first-order valence-corrected chi connectivity index (χ1v) is 9.29. The molecule has 2 heterocycles. The number of nitrogens with zero attached hydrogens (tertiary/aromatic N) is 3. The number of rotatable bonds is 8. The third-order valence-corrected chi connectivity index (χ3v) is 4.86. The highest BCUT2D eigenvalue weighted by Gasteiger charge is 2.19. The van der Waals surface area contributed by atoms with Gasteiger partial charge in [-0.25, -0.2) is 9.07 Å². The first-order chi connectivity index (χ1) is 12.7. The van der Waals surface area contributed by atoms with Crippen LogP contribution in [-0.4, -0.2) is 47.1 Å². The smallest absolute Gasteiger partial charge is 0.266 e. The summed E-state index contributed by atoms with van der Waals surface area (Å²) in [6, 6.07) is 11.4. The van der Waals surface area contributed by atoms with E-state index < -0.39 is 6.67 Å². The highest BCUT2D eigenvalue weighted by atomic mass is 19.1. The fraction of sp³-hybridized carbons (Fsp3) is 0.500. The number of likely N-dealkylation sites (tertiary alicyclic amines) is 1. The lowest BCUT2D eigenvalue weighted by Gasteiger charge is -2.20.